The Hall–Kier alpha value is -1.12. The van der Waals surface area contributed by atoms with Crippen LogP contribution in [0.5, 0.6) is 0 Å². The van der Waals surface area contributed by atoms with Gasteiger partial charge in [0, 0.05) is 0 Å². The second-order valence-electron chi connectivity index (χ2n) is 3.09. The van der Waals surface area contributed by atoms with Crippen molar-refractivity contribution in [2.75, 3.05) is 13.2 Å². The van der Waals surface area contributed by atoms with Gasteiger partial charge < -0.3 is 9.05 Å². The molecule has 0 bridgehead atoms. The second-order valence-corrected chi connectivity index (χ2v) is 5.43. The van der Waals surface area contributed by atoms with Gasteiger partial charge >= 0.3 is 7.60 Å². The second kappa shape index (κ2) is 6.72. The van der Waals surface area contributed by atoms with Gasteiger partial charge in [0.05, 0.1) is 18.9 Å². The van der Waals surface area contributed by atoms with Gasteiger partial charge in [0.2, 0.25) is 0 Å². The summed E-state index contributed by atoms with van der Waals surface area (Å²) in [6, 6.07) is 1.84. The Kier molecular flexibility index (Phi) is 5.57. The van der Waals surface area contributed by atoms with Gasteiger partial charge in [-0.15, -0.1) is 0 Å². The van der Waals surface area contributed by atoms with Crippen molar-refractivity contribution < 1.29 is 13.6 Å². The number of hydrogen-bond donors (Lipinski definition) is 1. The van der Waals surface area contributed by atoms with Crippen LogP contribution in [0, 0.1) is 11.3 Å². The molecule has 0 amide bonds. The summed E-state index contributed by atoms with van der Waals surface area (Å²) in [6.45, 7) is 3.68. The zero-order chi connectivity index (χ0) is 13.6. The minimum atomic E-state index is -3.63. The van der Waals surface area contributed by atoms with Crippen molar-refractivity contribution in [1.29, 1.82) is 5.26 Å². The number of allylic oxidation sites excluding steroid dienone is 3. The summed E-state index contributed by atoms with van der Waals surface area (Å²) in [7, 11) is -3.63. The summed E-state index contributed by atoms with van der Waals surface area (Å²) in [4.78, 5) is 0. The van der Waals surface area contributed by atoms with E-state index in [-0.39, 0.29) is 29.4 Å². The van der Waals surface area contributed by atoms with E-state index in [1.54, 1.807) is 13.8 Å². The molecule has 0 radical (unpaired) electrons. The van der Waals surface area contributed by atoms with Gasteiger partial charge in [0.1, 0.15) is 11.2 Å². The first-order chi connectivity index (χ1) is 8.57. The van der Waals surface area contributed by atoms with Crippen molar-refractivity contribution in [1.82, 2.24) is 5.43 Å². The summed E-state index contributed by atoms with van der Waals surface area (Å²) < 4.78 is 22.6. The molecular formula is C10H13ClN3O3P. The van der Waals surface area contributed by atoms with Crippen molar-refractivity contribution in [3.05, 3.63) is 23.2 Å². The van der Waals surface area contributed by atoms with Crippen LogP contribution in [0.1, 0.15) is 13.8 Å². The first kappa shape index (κ1) is 14.9. The summed E-state index contributed by atoms with van der Waals surface area (Å²) >= 11 is 5.63. The minimum Gasteiger partial charge on any atom is -0.305 e. The topological polar surface area (TPSA) is 83.7 Å². The molecule has 0 saturated carbocycles. The van der Waals surface area contributed by atoms with E-state index in [9.17, 15) is 4.57 Å². The van der Waals surface area contributed by atoms with Gasteiger partial charge in [-0.25, -0.2) is 0 Å². The quantitative estimate of drug-likeness (QED) is 0.621. The third-order valence-corrected chi connectivity index (χ3v) is 4.20. The number of halogens is 1. The van der Waals surface area contributed by atoms with Crippen LogP contribution in [0.4, 0.5) is 0 Å². The fraction of sp³-hybridized carbons (Fsp3) is 0.400. The fourth-order valence-electron chi connectivity index (χ4n) is 1.25. The van der Waals surface area contributed by atoms with Gasteiger partial charge in [-0.05, 0) is 26.0 Å². The lowest BCUT2D eigenvalue weighted by atomic mass is 10.3. The maximum absolute atomic E-state index is 12.4. The minimum absolute atomic E-state index is 0.115. The Bertz CT molecular complexity index is 483. The van der Waals surface area contributed by atoms with Gasteiger partial charge in [-0.1, -0.05) is 11.6 Å². The predicted molar refractivity (Wildman–Crippen MR) is 69.1 cm³/mol. The van der Waals surface area contributed by atoms with Crippen molar-refractivity contribution in [2.45, 2.75) is 13.8 Å². The SMILES string of the molecule is CCOP(=O)(OCC)C(C#N)=C1C=CC(Cl)=NN1. The maximum atomic E-state index is 12.4. The molecule has 1 aliphatic rings. The summed E-state index contributed by atoms with van der Waals surface area (Å²) in [6.07, 6.45) is 2.98. The van der Waals surface area contributed by atoms with E-state index in [2.05, 4.69) is 10.5 Å². The molecule has 1 N–H and O–H groups in total. The van der Waals surface area contributed by atoms with Crippen molar-refractivity contribution in [3.63, 3.8) is 0 Å². The third kappa shape index (κ3) is 3.44. The summed E-state index contributed by atoms with van der Waals surface area (Å²) in [5.74, 6) is 0. The fourth-order valence-corrected chi connectivity index (χ4v) is 2.91. The molecule has 1 aliphatic heterocycles. The highest BCUT2D eigenvalue weighted by molar-refractivity contribution is 7.59. The molecule has 0 aromatic carbocycles. The van der Waals surface area contributed by atoms with Crippen LogP contribution in [-0.4, -0.2) is 18.4 Å². The Morgan fingerprint density at radius 1 is 1.50 bits per heavy atom. The predicted octanol–water partition coefficient (Wildman–Crippen LogP) is 2.70. The van der Waals surface area contributed by atoms with E-state index in [0.29, 0.717) is 0 Å². The molecule has 1 heterocycles. The largest absolute Gasteiger partial charge is 0.374 e. The van der Waals surface area contributed by atoms with Crippen molar-refractivity contribution in [3.8, 4) is 6.07 Å². The normalized spacial score (nSPS) is 17.8. The van der Waals surface area contributed by atoms with Crippen LogP contribution in [-0.2, 0) is 13.6 Å². The van der Waals surface area contributed by atoms with E-state index in [1.165, 1.54) is 12.2 Å². The standard InChI is InChI=1S/C10H13ClN3O3P/c1-3-16-18(15,17-4-2)9(7-12)8-5-6-10(11)14-13-8/h5-6,13H,3-4H2,1-2H3. The Balaban J connectivity index is 3.16. The van der Waals surface area contributed by atoms with Gasteiger partial charge in [-0.2, -0.15) is 10.4 Å². The lowest BCUT2D eigenvalue weighted by Crippen LogP contribution is -2.13. The Morgan fingerprint density at radius 3 is 2.50 bits per heavy atom. The van der Waals surface area contributed by atoms with Gasteiger partial charge in [-0.3, -0.25) is 9.99 Å². The van der Waals surface area contributed by atoms with E-state index in [0.717, 1.165) is 0 Å². The molecule has 18 heavy (non-hydrogen) atoms. The lowest BCUT2D eigenvalue weighted by Gasteiger charge is -2.18. The highest BCUT2D eigenvalue weighted by Crippen LogP contribution is 2.56. The number of nitrogens with one attached hydrogen (secondary N) is 1. The van der Waals surface area contributed by atoms with Crippen LogP contribution in [0.3, 0.4) is 0 Å². The molecule has 0 saturated heterocycles. The monoisotopic (exact) mass is 289 g/mol. The number of rotatable bonds is 5. The summed E-state index contributed by atoms with van der Waals surface area (Å²) in [5.41, 5.74) is 2.79. The van der Waals surface area contributed by atoms with Crippen LogP contribution < -0.4 is 5.43 Å². The number of hydrogen-bond acceptors (Lipinski definition) is 6. The molecule has 0 aromatic heterocycles. The van der Waals surface area contributed by atoms with Crippen LogP contribution in [0.25, 0.3) is 0 Å². The highest BCUT2D eigenvalue weighted by Gasteiger charge is 2.33. The Morgan fingerprint density at radius 2 is 2.11 bits per heavy atom. The van der Waals surface area contributed by atoms with Crippen molar-refractivity contribution >= 4 is 24.4 Å². The molecule has 0 unspecified atom stereocenters. The highest BCUT2D eigenvalue weighted by atomic mass is 35.5. The number of nitriles is 1. The van der Waals surface area contributed by atoms with Gasteiger partial charge in [0.15, 0.2) is 5.31 Å². The van der Waals surface area contributed by atoms with Crippen LogP contribution >= 0.6 is 19.2 Å². The van der Waals surface area contributed by atoms with E-state index >= 15 is 0 Å². The average Bonchev–Trinajstić information content (AvgIpc) is 2.33. The smallest absolute Gasteiger partial charge is 0.305 e. The molecule has 0 fully saturated rings. The van der Waals surface area contributed by atoms with Crippen LogP contribution in [0.2, 0.25) is 0 Å². The first-order valence-electron chi connectivity index (χ1n) is 5.28. The zero-order valence-corrected chi connectivity index (χ0v) is 11.7. The molecule has 0 aromatic rings. The Labute approximate surface area is 110 Å². The zero-order valence-electron chi connectivity index (χ0n) is 10.0. The number of hydrazone groups is 1. The first-order valence-corrected chi connectivity index (χ1v) is 7.20. The van der Waals surface area contributed by atoms with E-state index in [4.69, 9.17) is 25.9 Å². The maximum Gasteiger partial charge on any atom is 0.374 e. The summed E-state index contributed by atoms with van der Waals surface area (Å²) in [5, 5.41) is 13.0. The van der Waals surface area contributed by atoms with Gasteiger partial charge in [0.25, 0.3) is 0 Å². The average molecular weight is 290 g/mol. The molecule has 0 aliphatic carbocycles. The third-order valence-electron chi connectivity index (χ3n) is 1.90. The molecule has 98 valence electrons. The molecule has 0 spiro atoms. The molecule has 0 atom stereocenters. The lowest BCUT2D eigenvalue weighted by molar-refractivity contribution is 0.227. The van der Waals surface area contributed by atoms with Crippen LogP contribution in [0.15, 0.2) is 28.3 Å². The van der Waals surface area contributed by atoms with Crippen molar-refractivity contribution in [2.24, 2.45) is 5.10 Å². The molecule has 1 rings (SSSR count). The molecular weight excluding hydrogens is 277 g/mol. The number of nitrogens with zero attached hydrogens (tertiary/aromatic N) is 2. The molecule has 6 nitrogen and oxygen atoms in total. The van der Waals surface area contributed by atoms with E-state index < -0.39 is 7.60 Å². The van der Waals surface area contributed by atoms with E-state index in [1.807, 2.05) is 6.07 Å². The molecule has 8 heteroatoms.